The molecular formula is C16H12B3N2S2. The molecule has 0 N–H and O–H groups in total. The number of nitriles is 1. The maximum Gasteiger partial charge on any atom is 0.231 e. The Bertz CT molecular complexity index is 828. The third-order valence-corrected chi connectivity index (χ3v) is 5.23. The average molecular weight is 329 g/mol. The van der Waals surface area contributed by atoms with Gasteiger partial charge in [-0.1, -0.05) is 54.3 Å². The SMILES string of the molecule is C[B]c1ccc([B]C)c2sc([B]c3ccc(SC#N)cc3)nc12. The smallest absolute Gasteiger partial charge is 0.231 e. The highest BCUT2D eigenvalue weighted by atomic mass is 32.2. The zero-order valence-corrected chi connectivity index (χ0v) is 14.5. The molecule has 23 heavy (non-hydrogen) atoms. The van der Waals surface area contributed by atoms with E-state index < -0.39 is 0 Å². The molecule has 0 saturated heterocycles. The van der Waals surface area contributed by atoms with Crippen molar-refractivity contribution in [3.8, 4) is 5.40 Å². The quantitative estimate of drug-likeness (QED) is 0.402. The number of rotatable bonds is 5. The van der Waals surface area contributed by atoms with Crippen molar-refractivity contribution in [3.05, 3.63) is 36.4 Å². The number of benzene rings is 2. The van der Waals surface area contributed by atoms with E-state index in [4.69, 9.17) is 10.2 Å². The summed E-state index contributed by atoms with van der Waals surface area (Å²) in [5, 5.41) is 10.8. The molecule has 0 aliphatic heterocycles. The average Bonchev–Trinajstić information content (AvgIpc) is 2.99. The van der Waals surface area contributed by atoms with Crippen LogP contribution in [-0.2, 0) is 0 Å². The molecule has 3 radical (unpaired) electrons. The maximum atomic E-state index is 8.69. The van der Waals surface area contributed by atoms with Crippen molar-refractivity contribution < 1.29 is 0 Å². The van der Waals surface area contributed by atoms with E-state index in [2.05, 4.69) is 46.2 Å². The van der Waals surface area contributed by atoms with Gasteiger partial charge in [-0.2, -0.15) is 5.26 Å². The molecule has 2 aromatic carbocycles. The van der Waals surface area contributed by atoms with Crippen molar-refractivity contribution in [3.63, 3.8) is 0 Å². The first-order valence-electron chi connectivity index (χ1n) is 7.28. The molecule has 0 spiro atoms. The molecule has 0 aliphatic carbocycles. The van der Waals surface area contributed by atoms with Crippen LogP contribution in [0, 0.1) is 10.7 Å². The fourth-order valence-corrected chi connectivity index (χ4v) is 3.89. The molecule has 0 unspecified atom stereocenters. The predicted molar refractivity (Wildman–Crippen MR) is 105 cm³/mol. The lowest BCUT2D eigenvalue weighted by Crippen LogP contribution is -2.26. The molecule has 3 aromatic rings. The van der Waals surface area contributed by atoms with Gasteiger partial charge in [-0.25, -0.2) is 0 Å². The van der Waals surface area contributed by atoms with Gasteiger partial charge in [-0.05, 0) is 23.9 Å². The van der Waals surface area contributed by atoms with Gasteiger partial charge in [0.2, 0.25) is 7.28 Å². The highest BCUT2D eigenvalue weighted by Gasteiger charge is 2.12. The van der Waals surface area contributed by atoms with Crippen molar-refractivity contribution in [1.29, 1.82) is 5.26 Å². The van der Waals surface area contributed by atoms with Crippen molar-refractivity contribution >= 4 is 76.4 Å². The third-order valence-electron chi connectivity index (χ3n) is 3.58. The number of aromatic nitrogens is 1. The number of thioether (sulfide) groups is 1. The highest BCUT2D eigenvalue weighted by molar-refractivity contribution is 8.03. The second-order valence-electron chi connectivity index (χ2n) is 4.96. The summed E-state index contributed by atoms with van der Waals surface area (Å²) in [4.78, 5) is 6.76. The summed E-state index contributed by atoms with van der Waals surface area (Å²) >= 11 is 2.89. The van der Waals surface area contributed by atoms with E-state index in [-0.39, 0.29) is 0 Å². The first-order valence-corrected chi connectivity index (χ1v) is 8.91. The Labute approximate surface area is 147 Å². The number of hydrogen-bond donors (Lipinski definition) is 0. The molecule has 0 saturated carbocycles. The molecule has 0 fully saturated rings. The van der Waals surface area contributed by atoms with Crippen molar-refractivity contribution in [1.82, 2.24) is 4.98 Å². The molecule has 107 valence electrons. The maximum absolute atomic E-state index is 8.69. The van der Waals surface area contributed by atoms with Crippen LogP contribution >= 0.6 is 23.1 Å². The van der Waals surface area contributed by atoms with E-state index in [0.717, 1.165) is 20.8 Å². The van der Waals surface area contributed by atoms with Crippen LogP contribution in [0.1, 0.15) is 0 Å². The molecule has 0 bridgehead atoms. The first-order chi connectivity index (χ1) is 11.2. The lowest BCUT2D eigenvalue weighted by Gasteiger charge is -2.01. The van der Waals surface area contributed by atoms with Crippen LogP contribution in [0.2, 0.25) is 13.6 Å². The van der Waals surface area contributed by atoms with E-state index in [1.165, 1.54) is 27.4 Å². The second kappa shape index (κ2) is 7.29. The van der Waals surface area contributed by atoms with Crippen molar-refractivity contribution in [2.45, 2.75) is 18.5 Å². The van der Waals surface area contributed by atoms with Crippen molar-refractivity contribution in [2.24, 2.45) is 0 Å². The van der Waals surface area contributed by atoms with Crippen LogP contribution < -0.4 is 21.3 Å². The van der Waals surface area contributed by atoms with Crippen LogP contribution in [0.3, 0.4) is 0 Å². The van der Waals surface area contributed by atoms with Crippen LogP contribution in [0.25, 0.3) is 10.2 Å². The lowest BCUT2D eigenvalue weighted by molar-refractivity contribution is 1.48. The highest BCUT2D eigenvalue weighted by Crippen LogP contribution is 2.14. The first kappa shape index (κ1) is 16.2. The van der Waals surface area contributed by atoms with E-state index in [1.807, 2.05) is 31.1 Å². The summed E-state index contributed by atoms with van der Waals surface area (Å²) in [5.74, 6) is 0. The fraction of sp³-hybridized carbons (Fsp3) is 0.125. The molecule has 1 heterocycles. The second-order valence-corrected chi connectivity index (χ2v) is 6.85. The summed E-state index contributed by atoms with van der Waals surface area (Å²) in [7, 11) is 6.31. The summed E-state index contributed by atoms with van der Waals surface area (Å²) in [6.45, 7) is 4.09. The van der Waals surface area contributed by atoms with E-state index >= 15 is 0 Å². The third kappa shape index (κ3) is 3.49. The van der Waals surface area contributed by atoms with E-state index in [9.17, 15) is 0 Å². The molecule has 0 aliphatic rings. The zero-order chi connectivity index (χ0) is 16.2. The van der Waals surface area contributed by atoms with Gasteiger partial charge in [0.1, 0.15) is 12.7 Å². The summed E-state index contributed by atoms with van der Waals surface area (Å²) in [6, 6.07) is 12.2. The molecular weight excluding hydrogens is 317 g/mol. The summed E-state index contributed by atoms with van der Waals surface area (Å²) in [5.41, 5.74) is 4.55. The standard InChI is InChI=1S/C16H12B3N2S2/c1-17-12-7-8-13(18-2)15-14(12)21-16(23-15)19-10-3-5-11(6-4-10)22-9-20/h3-8H,1-2H3. The van der Waals surface area contributed by atoms with Gasteiger partial charge in [-0.15, -0.1) is 11.3 Å². The Balaban J connectivity index is 1.92. The van der Waals surface area contributed by atoms with E-state index in [0.29, 0.717) is 0 Å². The van der Waals surface area contributed by atoms with Gasteiger partial charge in [0.15, 0.2) is 7.28 Å². The number of fused-ring (bicyclic) bond motifs is 1. The number of thiocyanates is 1. The van der Waals surface area contributed by atoms with Gasteiger partial charge in [0.05, 0.1) is 10.4 Å². The summed E-state index contributed by atoms with van der Waals surface area (Å²) in [6.07, 6.45) is 0. The van der Waals surface area contributed by atoms with Gasteiger partial charge < -0.3 is 0 Å². The molecule has 1 aromatic heterocycles. The normalized spacial score (nSPS) is 10.3. The molecule has 3 rings (SSSR count). The molecule has 7 heteroatoms. The van der Waals surface area contributed by atoms with Crippen LogP contribution in [0.15, 0.2) is 41.3 Å². The molecule has 0 atom stereocenters. The van der Waals surface area contributed by atoms with Crippen LogP contribution in [0.4, 0.5) is 0 Å². The number of thiazole rings is 1. The van der Waals surface area contributed by atoms with Gasteiger partial charge in [0, 0.05) is 9.60 Å². The predicted octanol–water partition coefficient (Wildman–Crippen LogP) is 1.28. The summed E-state index contributed by atoms with van der Waals surface area (Å²) < 4.78 is 1.23. The van der Waals surface area contributed by atoms with Gasteiger partial charge in [-0.3, -0.25) is 4.98 Å². The Kier molecular flexibility index (Phi) is 5.14. The number of nitrogens with zero attached hydrogens (tertiary/aromatic N) is 2. The zero-order valence-electron chi connectivity index (χ0n) is 12.9. The lowest BCUT2D eigenvalue weighted by atomic mass is 9.68. The Morgan fingerprint density at radius 2 is 1.74 bits per heavy atom. The minimum Gasteiger partial charge on any atom is -0.253 e. The Hall–Kier alpha value is -1.64. The molecule has 0 amide bonds. The minimum absolute atomic E-state index is 0.958. The Morgan fingerprint density at radius 1 is 1.04 bits per heavy atom. The molecule has 2 nitrogen and oxygen atoms in total. The van der Waals surface area contributed by atoms with Gasteiger partial charge >= 0.3 is 0 Å². The van der Waals surface area contributed by atoms with E-state index in [1.54, 1.807) is 11.3 Å². The minimum atomic E-state index is 0.958. The number of hydrogen-bond acceptors (Lipinski definition) is 4. The van der Waals surface area contributed by atoms with Crippen molar-refractivity contribution in [2.75, 3.05) is 0 Å². The Morgan fingerprint density at radius 3 is 2.39 bits per heavy atom. The van der Waals surface area contributed by atoms with Crippen LogP contribution in [0.5, 0.6) is 0 Å². The fourth-order valence-electron chi connectivity index (χ4n) is 2.41. The van der Waals surface area contributed by atoms with Crippen LogP contribution in [-0.4, -0.2) is 26.8 Å². The topological polar surface area (TPSA) is 36.7 Å². The largest absolute Gasteiger partial charge is 0.253 e. The monoisotopic (exact) mass is 329 g/mol. The van der Waals surface area contributed by atoms with Gasteiger partial charge in [0.25, 0.3) is 0 Å².